The minimum Gasteiger partial charge on any atom is -0.316 e. The molecule has 0 aliphatic carbocycles. The maximum Gasteiger partial charge on any atom is 0.180 e. The van der Waals surface area contributed by atoms with Crippen LogP contribution in [0.2, 0.25) is 0 Å². The average molecular weight is 231 g/mol. The smallest absolute Gasteiger partial charge is 0.180 e. The fourth-order valence-electron chi connectivity index (χ4n) is 1.74. The Balaban J connectivity index is 2.37. The van der Waals surface area contributed by atoms with E-state index < -0.39 is 0 Å². The quantitative estimate of drug-likeness (QED) is 0.858. The van der Waals surface area contributed by atoms with Gasteiger partial charge in [-0.1, -0.05) is 6.92 Å². The van der Waals surface area contributed by atoms with Gasteiger partial charge < -0.3 is 5.32 Å². The van der Waals surface area contributed by atoms with Crippen LogP contribution in [0.4, 0.5) is 0 Å². The van der Waals surface area contributed by atoms with Crippen LogP contribution in [-0.4, -0.2) is 26.8 Å². The first-order chi connectivity index (χ1) is 8.24. The van der Waals surface area contributed by atoms with E-state index in [2.05, 4.69) is 27.3 Å². The zero-order valence-electron chi connectivity index (χ0n) is 10.4. The lowest BCUT2D eigenvalue weighted by Gasteiger charge is -2.07. The maximum absolute atomic E-state index is 4.57. The van der Waals surface area contributed by atoms with Crippen molar-refractivity contribution in [2.75, 3.05) is 7.05 Å². The van der Waals surface area contributed by atoms with E-state index in [9.17, 15) is 0 Å². The summed E-state index contributed by atoms with van der Waals surface area (Å²) in [5.41, 5.74) is 3.04. The largest absolute Gasteiger partial charge is 0.316 e. The van der Waals surface area contributed by atoms with Crippen LogP contribution in [0, 0.1) is 0 Å². The molecule has 17 heavy (non-hydrogen) atoms. The van der Waals surface area contributed by atoms with Gasteiger partial charge in [0, 0.05) is 37.2 Å². The summed E-state index contributed by atoms with van der Waals surface area (Å²) in [6, 6.07) is 1.92. The van der Waals surface area contributed by atoms with Crippen LogP contribution < -0.4 is 5.32 Å². The highest BCUT2D eigenvalue weighted by molar-refractivity contribution is 5.48. The van der Waals surface area contributed by atoms with E-state index in [1.54, 1.807) is 4.68 Å². The van der Waals surface area contributed by atoms with E-state index in [1.165, 1.54) is 0 Å². The molecule has 0 fully saturated rings. The number of hydrogen-bond acceptors (Lipinski definition) is 4. The number of aromatic nitrogens is 4. The molecule has 2 aromatic heterocycles. The molecule has 2 aromatic rings. The number of aryl methyl sites for hydroxylation is 2. The van der Waals surface area contributed by atoms with Crippen LogP contribution >= 0.6 is 0 Å². The summed E-state index contributed by atoms with van der Waals surface area (Å²) in [5.74, 6) is 0.697. The van der Waals surface area contributed by atoms with Gasteiger partial charge >= 0.3 is 0 Å². The normalized spacial score (nSPS) is 10.8. The Bertz CT molecular complexity index is 503. The Morgan fingerprint density at radius 1 is 1.41 bits per heavy atom. The molecule has 0 amide bonds. The minimum atomic E-state index is 0.697. The molecule has 5 nitrogen and oxygen atoms in total. The monoisotopic (exact) mass is 231 g/mol. The van der Waals surface area contributed by atoms with Crippen molar-refractivity contribution in [3.8, 4) is 11.5 Å². The molecule has 0 radical (unpaired) electrons. The van der Waals surface area contributed by atoms with Crippen molar-refractivity contribution in [2.24, 2.45) is 7.05 Å². The lowest BCUT2D eigenvalue weighted by Crippen LogP contribution is -2.10. The number of nitrogens with one attached hydrogen (secondary N) is 1. The van der Waals surface area contributed by atoms with Crippen molar-refractivity contribution in [3.05, 3.63) is 29.7 Å². The van der Waals surface area contributed by atoms with Crippen LogP contribution in [0.3, 0.4) is 0 Å². The standard InChI is InChI=1S/C12H17N5/c1-4-10-9(7-13-2)8-14-12(15-10)11-5-6-17(3)16-11/h5-6,8,13H,4,7H2,1-3H3. The van der Waals surface area contributed by atoms with E-state index in [1.807, 2.05) is 32.6 Å². The second-order valence-electron chi connectivity index (χ2n) is 3.92. The number of nitrogens with zero attached hydrogens (tertiary/aromatic N) is 4. The molecule has 0 aliphatic heterocycles. The van der Waals surface area contributed by atoms with Crippen LogP contribution in [-0.2, 0) is 20.0 Å². The van der Waals surface area contributed by atoms with Gasteiger partial charge in [-0.2, -0.15) is 5.10 Å². The molecule has 90 valence electrons. The van der Waals surface area contributed by atoms with E-state index in [0.29, 0.717) is 5.82 Å². The Labute approximate surface area is 101 Å². The van der Waals surface area contributed by atoms with Gasteiger partial charge in [-0.05, 0) is 19.5 Å². The molecule has 0 saturated carbocycles. The number of rotatable bonds is 4. The molecule has 0 aliphatic rings. The fourth-order valence-corrected chi connectivity index (χ4v) is 1.74. The SMILES string of the molecule is CCc1nc(-c2ccn(C)n2)ncc1CNC. The maximum atomic E-state index is 4.57. The van der Waals surface area contributed by atoms with Crippen molar-refractivity contribution in [2.45, 2.75) is 19.9 Å². The molecule has 0 unspecified atom stereocenters. The second kappa shape index (κ2) is 5.05. The molecule has 1 N–H and O–H groups in total. The van der Waals surface area contributed by atoms with E-state index in [0.717, 1.165) is 29.9 Å². The number of hydrogen-bond donors (Lipinski definition) is 1. The highest BCUT2D eigenvalue weighted by Crippen LogP contribution is 2.14. The Kier molecular flexibility index (Phi) is 3.49. The Hall–Kier alpha value is -1.75. The van der Waals surface area contributed by atoms with Gasteiger partial charge in [-0.25, -0.2) is 9.97 Å². The van der Waals surface area contributed by atoms with Crippen molar-refractivity contribution in [1.82, 2.24) is 25.1 Å². The van der Waals surface area contributed by atoms with Crippen molar-refractivity contribution < 1.29 is 0 Å². The molecule has 0 spiro atoms. The van der Waals surface area contributed by atoms with Crippen molar-refractivity contribution >= 4 is 0 Å². The van der Waals surface area contributed by atoms with Gasteiger partial charge in [-0.3, -0.25) is 4.68 Å². The van der Waals surface area contributed by atoms with Crippen LogP contribution in [0.25, 0.3) is 11.5 Å². The molecule has 5 heteroatoms. The third kappa shape index (κ3) is 2.50. The van der Waals surface area contributed by atoms with Crippen molar-refractivity contribution in [3.63, 3.8) is 0 Å². The van der Waals surface area contributed by atoms with E-state index in [-0.39, 0.29) is 0 Å². The molecule has 0 bridgehead atoms. The van der Waals surface area contributed by atoms with E-state index in [4.69, 9.17) is 0 Å². The highest BCUT2D eigenvalue weighted by atomic mass is 15.3. The lowest BCUT2D eigenvalue weighted by molar-refractivity contribution is 0.764. The van der Waals surface area contributed by atoms with Crippen molar-refractivity contribution in [1.29, 1.82) is 0 Å². The minimum absolute atomic E-state index is 0.697. The first-order valence-electron chi connectivity index (χ1n) is 5.74. The predicted molar refractivity (Wildman–Crippen MR) is 66.4 cm³/mol. The van der Waals surface area contributed by atoms with Gasteiger partial charge in [-0.15, -0.1) is 0 Å². The highest BCUT2D eigenvalue weighted by Gasteiger charge is 2.08. The zero-order valence-corrected chi connectivity index (χ0v) is 10.4. The van der Waals surface area contributed by atoms with Gasteiger partial charge in [0.2, 0.25) is 0 Å². The first kappa shape index (κ1) is 11.7. The molecule has 0 saturated heterocycles. The van der Waals surface area contributed by atoms with Crippen LogP contribution in [0.1, 0.15) is 18.2 Å². The van der Waals surface area contributed by atoms with E-state index >= 15 is 0 Å². The lowest BCUT2D eigenvalue weighted by atomic mass is 10.2. The van der Waals surface area contributed by atoms with Gasteiger partial charge in [0.25, 0.3) is 0 Å². The zero-order chi connectivity index (χ0) is 12.3. The molecule has 2 heterocycles. The molecular formula is C12H17N5. The summed E-state index contributed by atoms with van der Waals surface area (Å²) in [5, 5.41) is 7.43. The van der Waals surface area contributed by atoms with Gasteiger partial charge in [0.1, 0.15) is 5.69 Å². The van der Waals surface area contributed by atoms with Crippen LogP contribution in [0.15, 0.2) is 18.5 Å². The first-order valence-corrected chi connectivity index (χ1v) is 5.74. The summed E-state index contributed by atoms with van der Waals surface area (Å²) in [4.78, 5) is 8.93. The fraction of sp³-hybridized carbons (Fsp3) is 0.417. The second-order valence-corrected chi connectivity index (χ2v) is 3.92. The van der Waals surface area contributed by atoms with Crippen LogP contribution in [0.5, 0.6) is 0 Å². The molecule has 0 atom stereocenters. The molecule has 2 rings (SSSR count). The summed E-state index contributed by atoms with van der Waals surface area (Å²) >= 11 is 0. The summed E-state index contributed by atoms with van der Waals surface area (Å²) < 4.78 is 1.76. The Morgan fingerprint density at radius 3 is 2.82 bits per heavy atom. The molecular weight excluding hydrogens is 214 g/mol. The third-order valence-corrected chi connectivity index (χ3v) is 2.60. The summed E-state index contributed by atoms with van der Waals surface area (Å²) in [6.07, 6.45) is 4.68. The third-order valence-electron chi connectivity index (χ3n) is 2.60. The topological polar surface area (TPSA) is 55.6 Å². The molecule has 0 aromatic carbocycles. The average Bonchev–Trinajstić information content (AvgIpc) is 2.77. The Morgan fingerprint density at radius 2 is 2.24 bits per heavy atom. The predicted octanol–water partition coefficient (Wildman–Crippen LogP) is 1.16. The van der Waals surface area contributed by atoms with Gasteiger partial charge in [0.05, 0.1) is 0 Å². The van der Waals surface area contributed by atoms with Gasteiger partial charge in [0.15, 0.2) is 5.82 Å². The summed E-state index contributed by atoms with van der Waals surface area (Å²) in [6.45, 7) is 2.90. The summed E-state index contributed by atoms with van der Waals surface area (Å²) in [7, 11) is 3.81.